The molecule has 0 atom stereocenters. The van der Waals surface area contributed by atoms with Crippen LogP contribution < -0.4 is 16.2 Å². The molecule has 1 aliphatic heterocycles. The van der Waals surface area contributed by atoms with Gasteiger partial charge >= 0.3 is 0 Å². The molecule has 0 saturated carbocycles. The van der Waals surface area contributed by atoms with Gasteiger partial charge in [0.15, 0.2) is 5.82 Å². The van der Waals surface area contributed by atoms with Crippen LogP contribution in [0.25, 0.3) is 16.7 Å². The molecule has 7 nitrogen and oxygen atoms in total. The molecule has 5 rings (SSSR count). The second-order valence-electron chi connectivity index (χ2n) is 8.64. The predicted molar refractivity (Wildman–Crippen MR) is 128 cm³/mol. The van der Waals surface area contributed by atoms with Crippen molar-refractivity contribution < 1.29 is 4.39 Å². The number of alkyl halides is 1. The standard InChI is InChI=1S/C25H25FN6O/c1-4-10-31-24(33)19-15-28-22(29-18-9-8-16-13-27-14-17(16)11-18)12-20(19)32(31)23-7-5-6-21(30-23)25(2,3)26/h4-9,11-12,15,27H,1,10,13-14H2,2-3H3,(H,28,29). The number of fused-ring (bicyclic) bond motifs is 2. The van der Waals surface area contributed by atoms with E-state index < -0.39 is 5.67 Å². The molecule has 4 heterocycles. The first kappa shape index (κ1) is 21.1. The molecule has 168 valence electrons. The van der Waals surface area contributed by atoms with Crippen molar-refractivity contribution in [3.05, 3.63) is 88.5 Å². The van der Waals surface area contributed by atoms with E-state index in [0.29, 0.717) is 28.2 Å². The van der Waals surface area contributed by atoms with Crippen molar-refractivity contribution in [3.8, 4) is 5.82 Å². The fraction of sp³-hybridized carbons (Fsp3) is 0.240. The van der Waals surface area contributed by atoms with Gasteiger partial charge in [0.2, 0.25) is 0 Å². The van der Waals surface area contributed by atoms with Gasteiger partial charge in [0, 0.05) is 31.0 Å². The summed E-state index contributed by atoms with van der Waals surface area (Å²) in [6.45, 7) is 8.69. The van der Waals surface area contributed by atoms with E-state index in [9.17, 15) is 9.18 Å². The molecule has 0 spiro atoms. The topological polar surface area (TPSA) is 76.8 Å². The Morgan fingerprint density at radius 2 is 2.03 bits per heavy atom. The van der Waals surface area contributed by atoms with Crippen molar-refractivity contribution in [2.45, 2.75) is 39.2 Å². The molecule has 0 unspecified atom stereocenters. The predicted octanol–water partition coefficient (Wildman–Crippen LogP) is 4.32. The molecule has 0 fully saturated rings. The third kappa shape index (κ3) is 3.82. The van der Waals surface area contributed by atoms with Crippen LogP contribution in [-0.4, -0.2) is 19.3 Å². The number of allylic oxidation sites excluding steroid dienone is 1. The van der Waals surface area contributed by atoms with E-state index in [1.54, 1.807) is 35.2 Å². The van der Waals surface area contributed by atoms with E-state index in [-0.39, 0.29) is 12.1 Å². The van der Waals surface area contributed by atoms with Gasteiger partial charge in [-0.1, -0.05) is 18.2 Å². The number of benzene rings is 1. The minimum atomic E-state index is -1.61. The number of anilines is 2. The van der Waals surface area contributed by atoms with Gasteiger partial charge in [0.05, 0.1) is 23.1 Å². The van der Waals surface area contributed by atoms with Crippen molar-refractivity contribution in [3.63, 3.8) is 0 Å². The molecule has 4 aromatic rings. The van der Waals surface area contributed by atoms with Crippen LogP contribution in [0.3, 0.4) is 0 Å². The van der Waals surface area contributed by atoms with Gasteiger partial charge in [-0.3, -0.25) is 4.79 Å². The summed E-state index contributed by atoms with van der Waals surface area (Å²) in [5.41, 5.74) is 2.56. The summed E-state index contributed by atoms with van der Waals surface area (Å²) in [5.74, 6) is 1.05. The van der Waals surface area contributed by atoms with Crippen molar-refractivity contribution in [2.75, 3.05) is 5.32 Å². The second-order valence-corrected chi connectivity index (χ2v) is 8.64. The number of nitrogens with one attached hydrogen (secondary N) is 2. The number of hydrogen-bond donors (Lipinski definition) is 2. The summed E-state index contributed by atoms with van der Waals surface area (Å²) in [6.07, 6.45) is 3.21. The van der Waals surface area contributed by atoms with Crippen molar-refractivity contribution in [1.82, 2.24) is 24.6 Å². The maximum absolute atomic E-state index is 14.6. The van der Waals surface area contributed by atoms with Crippen molar-refractivity contribution in [1.29, 1.82) is 0 Å². The van der Waals surface area contributed by atoms with Crippen LogP contribution in [0.15, 0.2) is 66.1 Å². The van der Waals surface area contributed by atoms with E-state index >= 15 is 0 Å². The molecule has 2 N–H and O–H groups in total. The average molecular weight is 445 g/mol. The minimum absolute atomic E-state index is 0.209. The Bertz CT molecular complexity index is 1430. The minimum Gasteiger partial charge on any atom is -0.340 e. The molecule has 1 aromatic carbocycles. The smallest absolute Gasteiger partial charge is 0.276 e. The molecule has 0 amide bonds. The summed E-state index contributed by atoms with van der Waals surface area (Å²) in [5, 5.41) is 7.13. The Hall–Kier alpha value is -3.78. The first-order valence-corrected chi connectivity index (χ1v) is 10.8. The highest BCUT2D eigenvalue weighted by Gasteiger charge is 2.23. The van der Waals surface area contributed by atoms with Crippen LogP contribution in [0.5, 0.6) is 0 Å². The van der Waals surface area contributed by atoms with E-state index in [1.807, 2.05) is 12.1 Å². The van der Waals surface area contributed by atoms with Gasteiger partial charge in [-0.05, 0) is 49.2 Å². The molecule has 3 aromatic heterocycles. The highest BCUT2D eigenvalue weighted by molar-refractivity contribution is 5.82. The lowest BCUT2D eigenvalue weighted by Gasteiger charge is -2.16. The molecule has 0 radical (unpaired) electrons. The number of halogens is 1. The first-order chi connectivity index (χ1) is 15.8. The number of rotatable bonds is 6. The summed E-state index contributed by atoms with van der Waals surface area (Å²) in [6, 6.07) is 13.2. The van der Waals surface area contributed by atoms with Crippen LogP contribution in [0.1, 0.15) is 30.7 Å². The number of nitrogens with zero attached hydrogens (tertiary/aromatic N) is 4. The normalized spacial score (nSPS) is 13.3. The monoisotopic (exact) mass is 444 g/mol. The lowest BCUT2D eigenvalue weighted by Crippen LogP contribution is -2.23. The zero-order chi connectivity index (χ0) is 23.2. The molecular formula is C25H25FN6O. The molecular weight excluding hydrogens is 419 g/mol. The maximum Gasteiger partial charge on any atom is 0.276 e. The van der Waals surface area contributed by atoms with E-state index in [0.717, 1.165) is 18.8 Å². The Morgan fingerprint density at radius 3 is 2.82 bits per heavy atom. The largest absolute Gasteiger partial charge is 0.340 e. The Labute approximate surface area is 190 Å². The number of pyridine rings is 2. The number of aromatic nitrogens is 4. The summed E-state index contributed by atoms with van der Waals surface area (Å²) >= 11 is 0. The van der Waals surface area contributed by atoms with Crippen LogP contribution in [0, 0.1) is 0 Å². The van der Waals surface area contributed by atoms with Gasteiger partial charge < -0.3 is 10.6 Å². The van der Waals surface area contributed by atoms with Gasteiger partial charge in [-0.15, -0.1) is 6.58 Å². The van der Waals surface area contributed by atoms with E-state index in [4.69, 9.17) is 0 Å². The zero-order valence-corrected chi connectivity index (χ0v) is 18.6. The lowest BCUT2D eigenvalue weighted by atomic mass is 10.1. The average Bonchev–Trinajstić information content (AvgIpc) is 3.36. The second kappa shape index (κ2) is 7.97. The first-order valence-electron chi connectivity index (χ1n) is 10.8. The molecule has 0 bridgehead atoms. The molecule has 0 saturated heterocycles. The van der Waals surface area contributed by atoms with Crippen molar-refractivity contribution >= 4 is 22.4 Å². The third-order valence-electron chi connectivity index (χ3n) is 5.79. The van der Waals surface area contributed by atoms with Gasteiger partial charge in [-0.25, -0.2) is 23.7 Å². The maximum atomic E-state index is 14.6. The Balaban J connectivity index is 1.64. The fourth-order valence-electron chi connectivity index (χ4n) is 4.14. The third-order valence-corrected chi connectivity index (χ3v) is 5.79. The summed E-state index contributed by atoms with van der Waals surface area (Å²) < 4.78 is 17.8. The lowest BCUT2D eigenvalue weighted by molar-refractivity contribution is 0.214. The zero-order valence-electron chi connectivity index (χ0n) is 18.6. The van der Waals surface area contributed by atoms with Gasteiger partial charge in [0.1, 0.15) is 11.5 Å². The van der Waals surface area contributed by atoms with Crippen LogP contribution >= 0.6 is 0 Å². The molecule has 0 aliphatic carbocycles. The van der Waals surface area contributed by atoms with Crippen LogP contribution in [0.2, 0.25) is 0 Å². The van der Waals surface area contributed by atoms with E-state index in [2.05, 4.69) is 39.3 Å². The molecule has 33 heavy (non-hydrogen) atoms. The van der Waals surface area contributed by atoms with Crippen molar-refractivity contribution in [2.24, 2.45) is 0 Å². The Morgan fingerprint density at radius 1 is 1.21 bits per heavy atom. The van der Waals surface area contributed by atoms with Gasteiger partial charge in [-0.2, -0.15) is 0 Å². The van der Waals surface area contributed by atoms with Crippen LogP contribution in [-0.2, 0) is 25.3 Å². The quantitative estimate of drug-likeness (QED) is 0.433. The fourth-order valence-corrected chi connectivity index (χ4v) is 4.14. The van der Waals surface area contributed by atoms with E-state index in [1.165, 1.54) is 29.7 Å². The summed E-state index contributed by atoms with van der Waals surface area (Å²) in [4.78, 5) is 22.1. The van der Waals surface area contributed by atoms with Gasteiger partial charge in [0.25, 0.3) is 5.56 Å². The SMILES string of the molecule is C=CCn1c(=O)c2cnc(Nc3ccc4c(c3)CNC4)cc2n1-c1cccc(C(C)(C)F)n1. The number of hydrogen-bond acceptors (Lipinski definition) is 5. The molecule has 8 heteroatoms. The highest BCUT2D eigenvalue weighted by atomic mass is 19.1. The highest BCUT2D eigenvalue weighted by Crippen LogP contribution is 2.26. The Kier molecular flexibility index (Phi) is 5.09. The molecule has 1 aliphatic rings. The van der Waals surface area contributed by atoms with Crippen LogP contribution in [0.4, 0.5) is 15.9 Å². The summed E-state index contributed by atoms with van der Waals surface area (Å²) in [7, 11) is 0.